The smallest absolute Gasteiger partial charge is 0.201 e. The lowest BCUT2D eigenvalue weighted by molar-refractivity contribution is 0.853. The zero-order valence-electron chi connectivity index (χ0n) is 9.23. The first kappa shape index (κ1) is 12.0. The number of nitrogens with zero attached hydrogens (tertiary/aromatic N) is 2. The fourth-order valence-electron chi connectivity index (χ4n) is 1.87. The molecule has 0 aliphatic carbocycles. The van der Waals surface area contributed by atoms with E-state index in [0.29, 0.717) is 17.5 Å². The van der Waals surface area contributed by atoms with Gasteiger partial charge in [0.25, 0.3) is 0 Å². The minimum atomic E-state index is 0.511. The zero-order chi connectivity index (χ0) is 12.7. The summed E-state index contributed by atoms with van der Waals surface area (Å²) in [5.74, 6) is 0.511. The van der Waals surface area contributed by atoms with Gasteiger partial charge in [-0.25, -0.2) is 4.98 Å². The third-order valence-electron chi connectivity index (χ3n) is 2.68. The van der Waals surface area contributed by atoms with Crippen LogP contribution in [-0.2, 0) is 6.54 Å². The van der Waals surface area contributed by atoms with Gasteiger partial charge in [-0.2, -0.15) is 0 Å². The Hall–Kier alpha value is -1.04. The summed E-state index contributed by atoms with van der Waals surface area (Å²) in [6.07, 6.45) is 0. The van der Waals surface area contributed by atoms with E-state index < -0.39 is 0 Å². The third kappa shape index (κ3) is 2.13. The molecule has 0 amide bonds. The molecule has 92 valence electrons. The van der Waals surface area contributed by atoms with E-state index in [1.807, 2.05) is 28.8 Å². The van der Waals surface area contributed by atoms with Gasteiger partial charge in [0, 0.05) is 9.90 Å². The minimum absolute atomic E-state index is 0.511. The van der Waals surface area contributed by atoms with Crippen molar-refractivity contribution in [1.29, 1.82) is 0 Å². The second kappa shape index (κ2) is 4.57. The molecule has 3 aromatic rings. The Kier molecular flexibility index (Phi) is 3.05. The van der Waals surface area contributed by atoms with Crippen LogP contribution >= 0.6 is 38.9 Å². The average Bonchev–Trinajstić information content (AvgIpc) is 2.86. The number of hydrogen-bond donors (Lipinski definition) is 1. The Labute approximate surface area is 121 Å². The normalized spacial score (nSPS) is 11.2. The first-order valence-electron chi connectivity index (χ1n) is 5.29. The van der Waals surface area contributed by atoms with E-state index in [9.17, 15) is 0 Å². The second-order valence-electron chi connectivity index (χ2n) is 3.90. The van der Waals surface area contributed by atoms with Crippen LogP contribution in [0.1, 0.15) is 4.88 Å². The van der Waals surface area contributed by atoms with E-state index in [2.05, 4.69) is 27.0 Å². The largest absolute Gasteiger partial charge is 0.369 e. The van der Waals surface area contributed by atoms with Crippen LogP contribution in [0, 0.1) is 0 Å². The van der Waals surface area contributed by atoms with Gasteiger partial charge in [-0.05, 0) is 46.3 Å². The van der Waals surface area contributed by atoms with Crippen LogP contribution in [-0.4, -0.2) is 9.55 Å². The summed E-state index contributed by atoms with van der Waals surface area (Å²) in [7, 11) is 0. The number of benzene rings is 1. The quantitative estimate of drug-likeness (QED) is 0.760. The number of aromatic nitrogens is 2. The SMILES string of the molecule is Nc1nc2ccc(Cl)cc2n1Cc1ccc(Br)s1. The van der Waals surface area contributed by atoms with Gasteiger partial charge in [-0.15, -0.1) is 11.3 Å². The first-order valence-corrected chi connectivity index (χ1v) is 7.28. The highest BCUT2D eigenvalue weighted by atomic mass is 79.9. The van der Waals surface area contributed by atoms with Crippen molar-refractivity contribution in [1.82, 2.24) is 9.55 Å². The molecule has 0 saturated carbocycles. The van der Waals surface area contributed by atoms with E-state index in [1.165, 1.54) is 4.88 Å². The molecule has 0 saturated heterocycles. The van der Waals surface area contributed by atoms with Crippen molar-refractivity contribution in [3.8, 4) is 0 Å². The van der Waals surface area contributed by atoms with Gasteiger partial charge in [0.15, 0.2) is 0 Å². The molecule has 0 atom stereocenters. The number of thiophene rings is 1. The molecule has 0 aliphatic heterocycles. The summed E-state index contributed by atoms with van der Waals surface area (Å²) in [6, 6.07) is 9.70. The van der Waals surface area contributed by atoms with Crippen molar-refractivity contribution in [3.05, 3.63) is 44.0 Å². The van der Waals surface area contributed by atoms with Crippen molar-refractivity contribution >= 4 is 55.8 Å². The Morgan fingerprint density at radius 3 is 2.89 bits per heavy atom. The minimum Gasteiger partial charge on any atom is -0.369 e. The molecule has 0 bridgehead atoms. The Morgan fingerprint density at radius 1 is 1.33 bits per heavy atom. The van der Waals surface area contributed by atoms with Crippen molar-refractivity contribution in [2.75, 3.05) is 5.73 Å². The predicted molar refractivity (Wildman–Crippen MR) is 80.3 cm³/mol. The Morgan fingerprint density at radius 2 is 2.17 bits per heavy atom. The van der Waals surface area contributed by atoms with E-state index in [0.717, 1.165) is 14.8 Å². The molecule has 3 nitrogen and oxygen atoms in total. The van der Waals surface area contributed by atoms with Crippen molar-refractivity contribution in [2.45, 2.75) is 6.54 Å². The molecule has 2 N–H and O–H groups in total. The van der Waals surface area contributed by atoms with Gasteiger partial charge >= 0.3 is 0 Å². The summed E-state index contributed by atoms with van der Waals surface area (Å²) in [5.41, 5.74) is 7.79. The second-order valence-corrected chi connectivity index (χ2v) is 6.88. The third-order valence-corrected chi connectivity index (χ3v) is 4.53. The van der Waals surface area contributed by atoms with Gasteiger partial charge in [-0.3, -0.25) is 0 Å². The van der Waals surface area contributed by atoms with E-state index in [-0.39, 0.29) is 0 Å². The molecule has 0 aliphatic rings. The lowest BCUT2D eigenvalue weighted by Gasteiger charge is -2.04. The molecule has 0 fully saturated rings. The molecular formula is C12H9BrClN3S. The van der Waals surface area contributed by atoms with Crippen LogP contribution in [0.4, 0.5) is 5.95 Å². The molecule has 0 radical (unpaired) electrons. The van der Waals surface area contributed by atoms with Crippen molar-refractivity contribution in [2.24, 2.45) is 0 Å². The van der Waals surface area contributed by atoms with Crippen LogP contribution in [0.3, 0.4) is 0 Å². The number of nitrogen functional groups attached to an aromatic ring is 1. The highest BCUT2D eigenvalue weighted by Crippen LogP contribution is 2.27. The number of fused-ring (bicyclic) bond motifs is 1. The van der Waals surface area contributed by atoms with Crippen LogP contribution < -0.4 is 5.73 Å². The van der Waals surface area contributed by atoms with Gasteiger partial charge in [0.1, 0.15) is 0 Å². The first-order chi connectivity index (χ1) is 8.63. The van der Waals surface area contributed by atoms with E-state index >= 15 is 0 Å². The summed E-state index contributed by atoms with van der Waals surface area (Å²) in [6.45, 7) is 0.707. The molecule has 1 aromatic carbocycles. The molecule has 2 heterocycles. The molecule has 6 heteroatoms. The number of hydrogen-bond acceptors (Lipinski definition) is 3. The molecule has 18 heavy (non-hydrogen) atoms. The van der Waals surface area contributed by atoms with Crippen LogP contribution in [0.25, 0.3) is 11.0 Å². The topological polar surface area (TPSA) is 43.8 Å². The van der Waals surface area contributed by atoms with Gasteiger partial charge in [-0.1, -0.05) is 11.6 Å². The fourth-order valence-corrected chi connectivity index (χ4v) is 3.51. The number of anilines is 1. The van der Waals surface area contributed by atoms with Gasteiger partial charge in [0.2, 0.25) is 5.95 Å². The summed E-state index contributed by atoms with van der Waals surface area (Å²) in [5, 5.41) is 0.691. The van der Waals surface area contributed by atoms with Crippen LogP contribution in [0.2, 0.25) is 5.02 Å². The predicted octanol–water partition coefficient (Wildman–Crippen LogP) is 4.14. The average molecular weight is 343 g/mol. The molecule has 2 aromatic heterocycles. The lowest BCUT2D eigenvalue weighted by atomic mass is 10.3. The molecule has 0 spiro atoms. The maximum atomic E-state index is 6.02. The van der Waals surface area contributed by atoms with Crippen molar-refractivity contribution in [3.63, 3.8) is 0 Å². The summed E-state index contributed by atoms with van der Waals surface area (Å²) >= 11 is 11.2. The highest BCUT2D eigenvalue weighted by Gasteiger charge is 2.10. The zero-order valence-corrected chi connectivity index (χ0v) is 12.4. The summed E-state index contributed by atoms with van der Waals surface area (Å²) in [4.78, 5) is 5.55. The van der Waals surface area contributed by atoms with Crippen LogP contribution in [0.5, 0.6) is 0 Å². The molecule has 0 unspecified atom stereocenters. The standard InChI is InChI=1S/C12H9BrClN3S/c13-11-4-2-8(18-11)6-17-10-5-7(14)1-3-9(10)16-12(17)15/h1-5H,6H2,(H2,15,16). The highest BCUT2D eigenvalue weighted by molar-refractivity contribution is 9.11. The van der Waals surface area contributed by atoms with Gasteiger partial charge in [0.05, 0.1) is 21.4 Å². The number of nitrogens with two attached hydrogens (primary N) is 1. The molecular weight excluding hydrogens is 334 g/mol. The number of halogens is 2. The Bertz CT molecular complexity index is 719. The van der Waals surface area contributed by atoms with Crippen LogP contribution in [0.15, 0.2) is 34.1 Å². The number of rotatable bonds is 2. The number of imidazole rings is 1. The van der Waals surface area contributed by atoms with Crippen molar-refractivity contribution < 1.29 is 0 Å². The summed E-state index contributed by atoms with van der Waals surface area (Å²) < 4.78 is 3.08. The maximum absolute atomic E-state index is 6.02. The monoisotopic (exact) mass is 341 g/mol. The fraction of sp³-hybridized carbons (Fsp3) is 0.0833. The van der Waals surface area contributed by atoms with E-state index in [4.69, 9.17) is 17.3 Å². The molecule has 3 rings (SSSR count). The van der Waals surface area contributed by atoms with Gasteiger partial charge < -0.3 is 10.3 Å². The Balaban J connectivity index is 2.10. The van der Waals surface area contributed by atoms with E-state index in [1.54, 1.807) is 11.3 Å². The lowest BCUT2D eigenvalue weighted by Crippen LogP contribution is -2.03. The maximum Gasteiger partial charge on any atom is 0.201 e.